The van der Waals surface area contributed by atoms with Gasteiger partial charge in [0.2, 0.25) is 0 Å². The molecule has 0 radical (unpaired) electrons. The van der Waals surface area contributed by atoms with Gasteiger partial charge in [-0.15, -0.1) is 0 Å². The molecule has 1 N–H and O–H groups in total. The molecule has 1 atom stereocenters. The lowest BCUT2D eigenvalue weighted by Gasteiger charge is -2.34. The Kier molecular flexibility index (Phi) is 3.53. The molecule has 2 nitrogen and oxygen atoms in total. The third kappa shape index (κ3) is 1.99. The quantitative estimate of drug-likeness (QED) is 0.682. The fourth-order valence-corrected chi connectivity index (χ4v) is 1.81. The fraction of sp³-hybridized carbons (Fsp3) is 1.00. The van der Waals surface area contributed by atoms with Crippen molar-refractivity contribution < 1.29 is 4.74 Å². The van der Waals surface area contributed by atoms with Crippen LogP contribution in [0.15, 0.2) is 0 Å². The van der Waals surface area contributed by atoms with Crippen LogP contribution in [0, 0.1) is 11.3 Å². The summed E-state index contributed by atoms with van der Waals surface area (Å²) in [6, 6.07) is 0. The molecule has 72 valence electrons. The zero-order valence-electron chi connectivity index (χ0n) is 8.52. The second-order valence-electron chi connectivity index (χ2n) is 4.10. The van der Waals surface area contributed by atoms with E-state index in [0.29, 0.717) is 11.3 Å². The predicted molar refractivity (Wildman–Crippen MR) is 51.3 cm³/mol. The molecule has 0 aromatic rings. The molecular weight excluding hydrogens is 150 g/mol. The average molecular weight is 171 g/mol. The van der Waals surface area contributed by atoms with E-state index in [1.165, 1.54) is 6.42 Å². The van der Waals surface area contributed by atoms with Crippen LogP contribution < -0.4 is 5.32 Å². The fourth-order valence-electron chi connectivity index (χ4n) is 1.81. The molecule has 0 aromatic heterocycles. The van der Waals surface area contributed by atoms with Gasteiger partial charge in [0.05, 0.1) is 13.2 Å². The molecule has 12 heavy (non-hydrogen) atoms. The molecule has 1 fully saturated rings. The first-order valence-corrected chi connectivity index (χ1v) is 5.00. The van der Waals surface area contributed by atoms with E-state index >= 15 is 0 Å². The molecule has 0 aliphatic carbocycles. The van der Waals surface area contributed by atoms with E-state index < -0.39 is 0 Å². The molecule has 1 heterocycles. The van der Waals surface area contributed by atoms with Crippen LogP contribution >= 0.6 is 0 Å². The van der Waals surface area contributed by atoms with E-state index in [-0.39, 0.29) is 0 Å². The molecule has 0 saturated carbocycles. The Balaban J connectivity index is 2.61. The molecule has 1 aliphatic rings. The molecule has 1 rings (SSSR count). The molecule has 1 saturated heterocycles. The van der Waals surface area contributed by atoms with Crippen LogP contribution in [0.25, 0.3) is 0 Å². The van der Waals surface area contributed by atoms with Crippen LogP contribution in [0.4, 0.5) is 0 Å². The van der Waals surface area contributed by atoms with Crippen LogP contribution in [0.1, 0.15) is 27.2 Å². The normalized spacial score (nSPS) is 32.0. The summed E-state index contributed by atoms with van der Waals surface area (Å²) in [5.74, 6) is 0.702. The summed E-state index contributed by atoms with van der Waals surface area (Å²) >= 11 is 0. The predicted octanol–water partition coefficient (Wildman–Crippen LogP) is 1.66. The molecule has 0 amide bonds. The Morgan fingerprint density at radius 3 is 2.83 bits per heavy atom. The minimum absolute atomic E-state index is 0.372. The molecule has 0 aromatic carbocycles. The Bertz CT molecular complexity index is 126. The van der Waals surface area contributed by atoms with Gasteiger partial charge in [-0.1, -0.05) is 20.8 Å². The van der Waals surface area contributed by atoms with Crippen molar-refractivity contribution in [3.8, 4) is 0 Å². The van der Waals surface area contributed by atoms with E-state index in [0.717, 1.165) is 26.3 Å². The minimum Gasteiger partial charge on any atom is -0.379 e. The van der Waals surface area contributed by atoms with Crippen molar-refractivity contribution in [1.82, 2.24) is 5.32 Å². The van der Waals surface area contributed by atoms with Crippen molar-refractivity contribution in [2.45, 2.75) is 27.2 Å². The monoisotopic (exact) mass is 171 g/mol. The number of nitrogens with one attached hydrogen (secondary N) is 1. The zero-order chi connectivity index (χ0) is 9.03. The SMILES string of the molecule is CCC1(C(C)C)CNCCOC1. The van der Waals surface area contributed by atoms with Crippen molar-refractivity contribution in [1.29, 1.82) is 0 Å². The third-order valence-electron chi connectivity index (χ3n) is 3.22. The maximum absolute atomic E-state index is 5.60. The summed E-state index contributed by atoms with van der Waals surface area (Å²) in [7, 11) is 0. The number of rotatable bonds is 2. The Morgan fingerprint density at radius 2 is 2.25 bits per heavy atom. The van der Waals surface area contributed by atoms with Gasteiger partial charge >= 0.3 is 0 Å². The summed E-state index contributed by atoms with van der Waals surface area (Å²) in [6.45, 7) is 10.8. The first-order chi connectivity index (χ1) is 5.71. The van der Waals surface area contributed by atoms with Gasteiger partial charge in [0.15, 0.2) is 0 Å². The van der Waals surface area contributed by atoms with E-state index in [1.54, 1.807) is 0 Å². The van der Waals surface area contributed by atoms with Gasteiger partial charge in [0, 0.05) is 18.5 Å². The average Bonchev–Trinajstić information content (AvgIpc) is 2.29. The highest BCUT2D eigenvalue weighted by Crippen LogP contribution is 2.31. The summed E-state index contributed by atoms with van der Waals surface area (Å²) in [5, 5.41) is 3.45. The first kappa shape index (κ1) is 10.0. The number of ether oxygens (including phenoxy) is 1. The van der Waals surface area contributed by atoms with Crippen molar-refractivity contribution in [2.24, 2.45) is 11.3 Å². The first-order valence-electron chi connectivity index (χ1n) is 5.00. The van der Waals surface area contributed by atoms with Gasteiger partial charge in [-0.25, -0.2) is 0 Å². The molecule has 1 unspecified atom stereocenters. The highest BCUT2D eigenvalue weighted by Gasteiger charge is 2.32. The summed E-state index contributed by atoms with van der Waals surface area (Å²) in [4.78, 5) is 0. The van der Waals surface area contributed by atoms with Gasteiger partial charge in [-0.3, -0.25) is 0 Å². The summed E-state index contributed by atoms with van der Waals surface area (Å²) in [6.07, 6.45) is 1.21. The second-order valence-corrected chi connectivity index (χ2v) is 4.10. The van der Waals surface area contributed by atoms with E-state index in [2.05, 4.69) is 26.1 Å². The molecule has 0 spiro atoms. The maximum Gasteiger partial charge on any atom is 0.0591 e. The Labute approximate surface area is 75.7 Å². The van der Waals surface area contributed by atoms with Crippen LogP contribution in [0.2, 0.25) is 0 Å². The zero-order valence-corrected chi connectivity index (χ0v) is 8.52. The van der Waals surface area contributed by atoms with Crippen LogP contribution in [-0.4, -0.2) is 26.3 Å². The van der Waals surface area contributed by atoms with Gasteiger partial charge in [0.1, 0.15) is 0 Å². The topological polar surface area (TPSA) is 21.3 Å². The van der Waals surface area contributed by atoms with Crippen molar-refractivity contribution in [3.05, 3.63) is 0 Å². The van der Waals surface area contributed by atoms with Gasteiger partial charge in [0.25, 0.3) is 0 Å². The van der Waals surface area contributed by atoms with E-state index in [1.807, 2.05) is 0 Å². The van der Waals surface area contributed by atoms with E-state index in [4.69, 9.17) is 4.74 Å². The highest BCUT2D eigenvalue weighted by atomic mass is 16.5. The van der Waals surface area contributed by atoms with E-state index in [9.17, 15) is 0 Å². The number of hydrogen-bond donors (Lipinski definition) is 1. The number of hydrogen-bond acceptors (Lipinski definition) is 2. The van der Waals surface area contributed by atoms with Gasteiger partial charge < -0.3 is 10.1 Å². The largest absolute Gasteiger partial charge is 0.379 e. The lowest BCUT2D eigenvalue weighted by Crippen LogP contribution is -2.39. The highest BCUT2D eigenvalue weighted by molar-refractivity contribution is 4.84. The molecule has 2 heteroatoms. The smallest absolute Gasteiger partial charge is 0.0591 e. The van der Waals surface area contributed by atoms with Crippen LogP contribution in [0.5, 0.6) is 0 Å². The van der Waals surface area contributed by atoms with Crippen LogP contribution in [-0.2, 0) is 4.74 Å². The molecular formula is C10H21NO. The lowest BCUT2D eigenvalue weighted by atomic mass is 9.75. The maximum atomic E-state index is 5.60. The lowest BCUT2D eigenvalue weighted by molar-refractivity contribution is 0.0367. The van der Waals surface area contributed by atoms with Gasteiger partial charge in [-0.2, -0.15) is 0 Å². The second kappa shape index (κ2) is 4.24. The molecule has 1 aliphatic heterocycles. The summed E-state index contributed by atoms with van der Waals surface area (Å²) in [5.41, 5.74) is 0.372. The van der Waals surface area contributed by atoms with Crippen LogP contribution in [0.3, 0.4) is 0 Å². The Morgan fingerprint density at radius 1 is 1.50 bits per heavy atom. The molecule has 0 bridgehead atoms. The van der Waals surface area contributed by atoms with Crippen molar-refractivity contribution >= 4 is 0 Å². The van der Waals surface area contributed by atoms with Crippen molar-refractivity contribution in [3.63, 3.8) is 0 Å². The third-order valence-corrected chi connectivity index (χ3v) is 3.22. The summed E-state index contributed by atoms with van der Waals surface area (Å²) < 4.78 is 5.60. The standard InChI is InChI=1S/C10H21NO/c1-4-10(9(2)3)7-11-5-6-12-8-10/h9,11H,4-8H2,1-3H3. The van der Waals surface area contributed by atoms with Crippen molar-refractivity contribution in [2.75, 3.05) is 26.3 Å². The minimum atomic E-state index is 0.372. The Hall–Kier alpha value is -0.0800. The van der Waals surface area contributed by atoms with Gasteiger partial charge in [-0.05, 0) is 12.3 Å².